The molecule has 4 heteroatoms. The molecule has 0 saturated heterocycles. The van der Waals surface area contributed by atoms with Crippen molar-refractivity contribution in [3.05, 3.63) is 12.3 Å². The van der Waals surface area contributed by atoms with Crippen molar-refractivity contribution in [2.24, 2.45) is 5.41 Å². The monoisotopic (exact) mass is 200 g/mol. The van der Waals surface area contributed by atoms with Crippen molar-refractivity contribution in [3.63, 3.8) is 0 Å². The lowest BCUT2D eigenvalue weighted by atomic mass is 9.97. The van der Waals surface area contributed by atoms with E-state index < -0.39 is 0 Å². The van der Waals surface area contributed by atoms with Gasteiger partial charge in [0.25, 0.3) is 0 Å². The zero-order valence-electron chi connectivity index (χ0n) is 9.39. The molecular weight excluding hydrogens is 180 g/mol. The van der Waals surface area contributed by atoms with Crippen LogP contribution in [-0.4, -0.2) is 26.3 Å². The van der Waals surface area contributed by atoms with Crippen molar-refractivity contribution < 1.29 is 9.53 Å². The summed E-state index contributed by atoms with van der Waals surface area (Å²) in [5.41, 5.74) is 0.0831. The molecule has 0 aliphatic carbocycles. The lowest BCUT2D eigenvalue weighted by Gasteiger charge is -2.11. The summed E-state index contributed by atoms with van der Waals surface area (Å²) < 4.78 is 4.79. The number of hydrogen-bond donors (Lipinski definition) is 2. The molecular formula is C10H20N2O2. The normalized spacial score (nSPS) is 11.7. The first-order valence-corrected chi connectivity index (χ1v) is 4.67. The standard InChI is InChI=1S/C10H20N2O2/c1-10(2,3)5-6-11-9(13)12-7-8-14-4/h5-6H,7-8H2,1-4H3,(H2,11,12,13)/b6-5+. The highest BCUT2D eigenvalue weighted by Crippen LogP contribution is 2.13. The lowest BCUT2D eigenvalue weighted by Crippen LogP contribution is -2.34. The molecule has 14 heavy (non-hydrogen) atoms. The number of allylic oxidation sites excluding steroid dienone is 1. The molecule has 0 rings (SSSR count). The van der Waals surface area contributed by atoms with Gasteiger partial charge >= 0.3 is 6.03 Å². The molecule has 0 unspecified atom stereocenters. The summed E-state index contributed by atoms with van der Waals surface area (Å²) in [4.78, 5) is 11.1. The van der Waals surface area contributed by atoms with Crippen LogP contribution in [0.25, 0.3) is 0 Å². The van der Waals surface area contributed by atoms with E-state index in [-0.39, 0.29) is 11.4 Å². The fraction of sp³-hybridized carbons (Fsp3) is 0.700. The molecule has 0 fully saturated rings. The van der Waals surface area contributed by atoms with E-state index in [4.69, 9.17) is 4.74 Å². The maximum absolute atomic E-state index is 11.1. The van der Waals surface area contributed by atoms with E-state index in [1.54, 1.807) is 13.3 Å². The Labute approximate surface area is 85.7 Å². The summed E-state index contributed by atoms with van der Waals surface area (Å²) in [6.45, 7) is 7.23. The first-order chi connectivity index (χ1) is 6.45. The molecule has 0 atom stereocenters. The summed E-state index contributed by atoms with van der Waals surface area (Å²) >= 11 is 0. The summed E-state index contributed by atoms with van der Waals surface area (Å²) in [5.74, 6) is 0. The van der Waals surface area contributed by atoms with Gasteiger partial charge in [0.1, 0.15) is 0 Å². The number of rotatable bonds is 4. The van der Waals surface area contributed by atoms with Crippen molar-refractivity contribution >= 4 is 6.03 Å². The molecule has 0 aliphatic rings. The molecule has 0 aromatic heterocycles. The third kappa shape index (κ3) is 9.06. The fourth-order valence-electron chi connectivity index (χ4n) is 0.685. The molecule has 4 nitrogen and oxygen atoms in total. The third-order valence-corrected chi connectivity index (χ3v) is 1.39. The topological polar surface area (TPSA) is 50.4 Å². The minimum absolute atomic E-state index is 0.0831. The number of carbonyl (C=O) groups excluding carboxylic acids is 1. The van der Waals surface area contributed by atoms with Crippen LogP contribution in [0.1, 0.15) is 20.8 Å². The highest BCUT2D eigenvalue weighted by Gasteiger charge is 2.03. The van der Waals surface area contributed by atoms with Gasteiger partial charge in [0.2, 0.25) is 0 Å². The van der Waals surface area contributed by atoms with E-state index >= 15 is 0 Å². The Kier molecular flexibility index (Phi) is 5.95. The minimum atomic E-state index is -0.206. The molecule has 0 aromatic carbocycles. The molecule has 0 spiro atoms. The van der Waals surface area contributed by atoms with Crippen molar-refractivity contribution in [2.45, 2.75) is 20.8 Å². The van der Waals surface area contributed by atoms with Gasteiger partial charge in [-0.05, 0) is 5.41 Å². The molecule has 0 saturated carbocycles. The third-order valence-electron chi connectivity index (χ3n) is 1.39. The highest BCUT2D eigenvalue weighted by atomic mass is 16.5. The van der Waals surface area contributed by atoms with Gasteiger partial charge in [-0.3, -0.25) is 0 Å². The van der Waals surface area contributed by atoms with Crippen LogP contribution in [0, 0.1) is 5.41 Å². The number of nitrogens with one attached hydrogen (secondary N) is 2. The summed E-state index contributed by atoms with van der Waals surface area (Å²) in [5, 5.41) is 5.26. The van der Waals surface area contributed by atoms with Crippen LogP contribution in [0.2, 0.25) is 0 Å². The van der Waals surface area contributed by atoms with Gasteiger partial charge in [0.05, 0.1) is 6.61 Å². The maximum Gasteiger partial charge on any atom is 0.318 e. The maximum atomic E-state index is 11.1. The van der Waals surface area contributed by atoms with Crippen molar-refractivity contribution in [2.75, 3.05) is 20.3 Å². The average molecular weight is 200 g/mol. The highest BCUT2D eigenvalue weighted by molar-refractivity contribution is 5.74. The Bertz CT molecular complexity index is 195. The molecule has 0 aromatic rings. The molecule has 0 radical (unpaired) electrons. The second-order valence-electron chi connectivity index (χ2n) is 4.09. The van der Waals surface area contributed by atoms with Gasteiger partial charge in [-0.1, -0.05) is 26.8 Å². The van der Waals surface area contributed by atoms with E-state index in [1.807, 2.05) is 6.08 Å². The van der Waals surface area contributed by atoms with Gasteiger partial charge in [-0.2, -0.15) is 0 Å². The van der Waals surface area contributed by atoms with Gasteiger partial charge in [0.15, 0.2) is 0 Å². The van der Waals surface area contributed by atoms with Gasteiger partial charge in [0, 0.05) is 19.9 Å². The fourth-order valence-corrected chi connectivity index (χ4v) is 0.685. The van der Waals surface area contributed by atoms with Crippen LogP contribution in [0.3, 0.4) is 0 Å². The summed E-state index contributed by atoms with van der Waals surface area (Å²) in [6, 6.07) is -0.206. The molecule has 2 amide bonds. The number of methoxy groups -OCH3 is 1. The number of hydrogen-bond acceptors (Lipinski definition) is 2. The average Bonchev–Trinajstić information content (AvgIpc) is 2.02. The van der Waals surface area contributed by atoms with Gasteiger partial charge in [-0.25, -0.2) is 4.79 Å². The number of ether oxygens (including phenoxy) is 1. The Morgan fingerprint density at radius 2 is 2.07 bits per heavy atom. The van der Waals surface area contributed by atoms with Crippen molar-refractivity contribution in [1.82, 2.24) is 10.6 Å². The molecule has 0 aliphatic heterocycles. The number of carbonyl (C=O) groups is 1. The van der Waals surface area contributed by atoms with Crippen LogP contribution in [0.5, 0.6) is 0 Å². The molecule has 0 heterocycles. The van der Waals surface area contributed by atoms with E-state index in [0.717, 1.165) is 0 Å². The smallest absolute Gasteiger partial charge is 0.318 e. The number of urea groups is 1. The first-order valence-electron chi connectivity index (χ1n) is 4.67. The summed E-state index contributed by atoms with van der Waals surface area (Å²) in [6.07, 6.45) is 3.59. The second kappa shape index (κ2) is 6.43. The minimum Gasteiger partial charge on any atom is -0.383 e. The Morgan fingerprint density at radius 3 is 2.57 bits per heavy atom. The first kappa shape index (κ1) is 13.0. The zero-order chi connectivity index (χ0) is 11.0. The Balaban J connectivity index is 3.59. The Morgan fingerprint density at radius 1 is 1.43 bits per heavy atom. The van der Waals surface area contributed by atoms with Crippen LogP contribution < -0.4 is 10.6 Å². The second-order valence-corrected chi connectivity index (χ2v) is 4.09. The predicted molar refractivity (Wildman–Crippen MR) is 57.0 cm³/mol. The Hall–Kier alpha value is -1.03. The van der Waals surface area contributed by atoms with Crippen molar-refractivity contribution in [3.8, 4) is 0 Å². The van der Waals surface area contributed by atoms with E-state index in [1.165, 1.54) is 0 Å². The SMILES string of the molecule is COCCNC(=O)N/C=C/C(C)(C)C. The predicted octanol–water partition coefficient (Wildman–Crippen LogP) is 1.49. The van der Waals surface area contributed by atoms with Crippen LogP contribution >= 0.6 is 0 Å². The zero-order valence-corrected chi connectivity index (χ0v) is 9.39. The lowest BCUT2D eigenvalue weighted by molar-refractivity contribution is 0.196. The number of amides is 2. The van der Waals surface area contributed by atoms with E-state index in [0.29, 0.717) is 13.2 Å². The molecule has 2 N–H and O–H groups in total. The van der Waals surface area contributed by atoms with Gasteiger partial charge in [-0.15, -0.1) is 0 Å². The molecule has 82 valence electrons. The van der Waals surface area contributed by atoms with E-state index in [2.05, 4.69) is 31.4 Å². The largest absolute Gasteiger partial charge is 0.383 e. The van der Waals surface area contributed by atoms with Crippen LogP contribution in [-0.2, 0) is 4.74 Å². The van der Waals surface area contributed by atoms with E-state index in [9.17, 15) is 4.79 Å². The summed E-state index contributed by atoms with van der Waals surface area (Å²) in [7, 11) is 1.60. The van der Waals surface area contributed by atoms with Crippen LogP contribution in [0.4, 0.5) is 4.79 Å². The van der Waals surface area contributed by atoms with Crippen LogP contribution in [0.15, 0.2) is 12.3 Å². The van der Waals surface area contributed by atoms with Crippen molar-refractivity contribution in [1.29, 1.82) is 0 Å². The molecule has 0 bridgehead atoms. The quantitative estimate of drug-likeness (QED) is 0.675. The van der Waals surface area contributed by atoms with Gasteiger partial charge < -0.3 is 15.4 Å².